The van der Waals surface area contributed by atoms with E-state index in [9.17, 15) is 13.2 Å². The predicted molar refractivity (Wildman–Crippen MR) is 118 cm³/mol. The number of nitrogens with two attached hydrogens (primary N) is 1. The van der Waals surface area contributed by atoms with Gasteiger partial charge in [0.1, 0.15) is 12.4 Å². The van der Waals surface area contributed by atoms with Gasteiger partial charge in [-0.3, -0.25) is 14.5 Å². The molecule has 3 aromatic carbocycles. The van der Waals surface area contributed by atoms with Gasteiger partial charge in [-0.15, -0.1) is 0 Å². The fraction of sp³-hybridized carbons (Fsp3) is 0.0435. The minimum absolute atomic E-state index is 0.160. The highest BCUT2D eigenvalue weighted by Crippen LogP contribution is 2.25. The molecule has 4 aromatic rings. The van der Waals surface area contributed by atoms with Gasteiger partial charge in [-0.05, 0) is 35.2 Å². The van der Waals surface area contributed by atoms with E-state index in [2.05, 4.69) is 9.71 Å². The molecule has 0 fully saturated rings. The molecule has 0 radical (unpaired) electrons. The Bertz CT molecular complexity index is 1360. The van der Waals surface area contributed by atoms with Crippen LogP contribution in [0.15, 0.2) is 90.1 Å². The molecule has 0 aliphatic carbocycles. The van der Waals surface area contributed by atoms with Crippen LogP contribution in [0.25, 0.3) is 10.8 Å². The SMILES string of the molecule is NC(=O)c1cncc(OCc2cccc(NS(=O)(=O)c3cccc4ccccc34)c2)c1. The van der Waals surface area contributed by atoms with Crippen molar-refractivity contribution in [3.8, 4) is 5.75 Å². The highest BCUT2D eigenvalue weighted by molar-refractivity contribution is 7.93. The third-order valence-electron chi connectivity index (χ3n) is 4.62. The maximum Gasteiger partial charge on any atom is 0.262 e. The number of fused-ring (bicyclic) bond motifs is 1. The number of carbonyl (C=O) groups is 1. The molecule has 1 amide bonds. The van der Waals surface area contributed by atoms with Crippen LogP contribution in [0.5, 0.6) is 5.75 Å². The number of ether oxygens (including phenoxy) is 1. The summed E-state index contributed by atoms with van der Waals surface area (Å²) in [6, 6.07) is 20.9. The molecule has 0 aliphatic heterocycles. The molecule has 0 spiro atoms. The van der Waals surface area contributed by atoms with Crippen LogP contribution in [-0.2, 0) is 16.6 Å². The van der Waals surface area contributed by atoms with Crippen molar-refractivity contribution in [3.05, 3.63) is 96.3 Å². The normalized spacial score (nSPS) is 11.2. The number of sulfonamides is 1. The molecular weight excluding hydrogens is 414 g/mol. The molecule has 0 bridgehead atoms. The molecule has 1 aromatic heterocycles. The van der Waals surface area contributed by atoms with E-state index >= 15 is 0 Å². The Morgan fingerprint density at radius 2 is 1.74 bits per heavy atom. The number of hydrogen-bond donors (Lipinski definition) is 2. The van der Waals surface area contributed by atoms with Gasteiger partial charge in [0.15, 0.2) is 0 Å². The number of nitrogens with zero attached hydrogens (tertiary/aromatic N) is 1. The lowest BCUT2D eigenvalue weighted by atomic mass is 10.1. The highest BCUT2D eigenvalue weighted by Gasteiger charge is 2.17. The lowest BCUT2D eigenvalue weighted by molar-refractivity contribution is 0.0999. The summed E-state index contributed by atoms with van der Waals surface area (Å²) in [6.45, 7) is 0.160. The zero-order chi connectivity index (χ0) is 21.8. The largest absolute Gasteiger partial charge is 0.487 e. The van der Waals surface area contributed by atoms with Gasteiger partial charge in [0.25, 0.3) is 10.0 Å². The summed E-state index contributed by atoms with van der Waals surface area (Å²) in [6.07, 6.45) is 2.83. The third-order valence-corrected chi connectivity index (χ3v) is 6.06. The quantitative estimate of drug-likeness (QED) is 0.461. The van der Waals surface area contributed by atoms with Crippen molar-refractivity contribution >= 4 is 32.4 Å². The van der Waals surface area contributed by atoms with Crippen LogP contribution in [0.1, 0.15) is 15.9 Å². The van der Waals surface area contributed by atoms with Crippen LogP contribution in [0.2, 0.25) is 0 Å². The summed E-state index contributed by atoms with van der Waals surface area (Å²) in [5.41, 5.74) is 6.65. The maximum atomic E-state index is 13.0. The first-order chi connectivity index (χ1) is 14.9. The van der Waals surface area contributed by atoms with Gasteiger partial charge < -0.3 is 10.5 Å². The van der Waals surface area contributed by atoms with Crippen molar-refractivity contribution < 1.29 is 17.9 Å². The Hall–Kier alpha value is -3.91. The van der Waals surface area contributed by atoms with E-state index in [0.29, 0.717) is 16.8 Å². The lowest BCUT2D eigenvalue weighted by Crippen LogP contribution is -2.13. The summed E-state index contributed by atoms with van der Waals surface area (Å²) in [4.78, 5) is 15.4. The first-order valence-corrected chi connectivity index (χ1v) is 10.9. The van der Waals surface area contributed by atoms with Gasteiger partial charge in [-0.2, -0.15) is 0 Å². The summed E-state index contributed by atoms with van der Waals surface area (Å²) in [5, 5.41) is 1.50. The van der Waals surface area contributed by atoms with E-state index in [-0.39, 0.29) is 17.1 Å². The number of carbonyl (C=O) groups excluding carboxylic acids is 1. The molecular formula is C23H19N3O4S. The van der Waals surface area contributed by atoms with Crippen molar-refractivity contribution in [3.63, 3.8) is 0 Å². The molecule has 0 atom stereocenters. The van der Waals surface area contributed by atoms with Gasteiger partial charge in [0, 0.05) is 17.3 Å². The van der Waals surface area contributed by atoms with E-state index < -0.39 is 15.9 Å². The smallest absolute Gasteiger partial charge is 0.262 e. The molecule has 0 saturated carbocycles. The molecule has 0 aliphatic rings. The van der Waals surface area contributed by atoms with Gasteiger partial charge in [-0.1, -0.05) is 48.5 Å². The summed E-state index contributed by atoms with van der Waals surface area (Å²) in [7, 11) is -3.79. The van der Waals surface area contributed by atoms with Gasteiger partial charge >= 0.3 is 0 Å². The molecule has 0 saturated heterocycles. The standard InChI is InChI=1S/C23H19N3O4S/c24-23(27)18-12-20(14-25-13-18)30-15-16-5-3-8-19(11-16)26-31(28,29)22-10-4-7-17-6-1-2-9-21(17)22/h1-14,26H,15H2,(H2,24,27). The Balaban J connectivity index is 1.53. The number of hydrogen-bond acceptors (Lipinski definition) is 5. The number of nitrogens with one attached hydrogen (secondary N) is 1. The minimum Gasteiger partial charge on any atom is -0.487 e. The highest BCUT2D eigenvalue weighted by atomic mass is 32.2. The Morgan fingerprint density at radius 3 is 2.58 bits per heavy atom. The van der Waals surface area contributed by atoms with Crippen LogP contribution < -0.4 is 15.2 Å². The number of amides is 1. The summed E-state index contributed by atoms with van der Waals surface area (Å²) < 4.78 is 34.3. The van der Waals surface area contributed by atoms with Crippen molar-refractivity contribution in [2.24, 2.45) is 5.73 Å². The average molecular weight is 433 g/mol. The molecule has 4 rings (SSSR count). The molecule has 8 heteroatoms. The fourth-order valence-corrected chi connectivity index (χ4v) is 4.44. The second-order valence-electron chi connectivity index (χ2n) is 6.85. The topological polar surface area (TPSA) is 111 Å². The van der Waals surface area contributed by atoms with Crippen LogP contribution in [0, 0.1) is 0 Å². The van der Waals surface area contributed by atoms with Gasteiger partial charge in [-0.25, -0.2) is 8.42 Å². The molecule has 0 unspecified atom stereocenters. The monoisotopic (exact) mass is 433 g/mol. The van der Waals surface area contributed by atoms with Crippen LogP contribution in [-0.4, -0.2) is 19.3 Å². The van der Waals surface area contributed by atoms with E-state index in [1.165, 1.54) is 18.5 Å². The number of pyridine rings is 1. The van der Waals surface area contributed by atoms with E-state index in [1.807, 2.05) is 18.2 Å². The first-order valence-electron chi connectivity index (χ1n) is 9.39. The lowest BCUT2D eigenvalue weighted by Gasteiger charge is -2.12. The van der Waals surface area contributed by atoms with Crippen molar-refractivity contribution in [1.82, 2.24) is 4.98 Å². The van der Waals surface area contributed by atoms with Crippen LogP contribution in [0.4, 0.5) is 5.69 Å². The summed E-state index contributed by atoms with van der Waals surface area (Å²) >= 11 is 0. The molecule has 156 valence electrons. The summed E-state index contributed by atoms with van der Waals surface area (Å²) in [5.74, 6) is -0.208. The first kappa shape index (κ1) is 20.4. The number of benzene rings is 3. The van der Waals surface area contributed by atoms with Crippen LogP contribution in [0.3, 0.4) is 0 Å². The minimum atomic E-state index is -3.79. The van der Waals surface area contributed by atoms with E-state index in [0.717, 1.165) is 10.9 Å². The number of anilines is 1. The second-order valence-corrected chi connectivity index (χ2v) is 8.50. The number of primary amides is 1. The third kappa shape index (κ3) is 4.65. The van der Waals surface area contributed by atoms with Crippen LogP contribution >= 0.6 is 0 Å². The average Bonchev–Trinajstić information content (AvgIpc) is 2.77. The Morgan fingerprint density at radius 1 is 0.968 bits per heavy atom. The van der Waals surface area contributed by atoms with Gasteiger partial charge in [0.05, 0.1) is 16.7 Å². The van der Waals surface area contributed by atoms with Crippen molar-refractivity contribution in [1.29, 1.82) is 0 Å². The Labute approximate surface area is 179 Å². The molecule has 3 N–H and O–H groups in total. The fourth-order valence-electron chi connectivity index (χ4n) is 3.16. The van der Waals surface area contributed by atoms with Gasteiger partial charge in [0.2, 0.25) is 5.91 Å². The molecule has 31 heavy (non-hydrogen) atoms. The van der Waals surface area contributed by atoms with E-state index in [4.69, 9.17) is 10.5 Å². The number of rotatable bonds is 7. The van der Waals surface area contributed by atoms with Crippen molar-refractivity contribution in [2.75, 3.05) is 4.72 Å². The van der Waals surface area contributed by atoms with E-state index in [1.54, 1.807) is 48.5 Å². The molecule has 7 nitrogen and oxygen atoms in total. The maximum absolute atomic E-state index is 13.0. The zero-order valence-corrected chi connectivity index (χ0v) is 17.2. The number of aromatic nitrogens is 1. The zero-order valence-electron chi connectivity index (χ0n) is 16.4. The predicted octanol–water partition coefficient (Wildman–Crippen LogP) is 3.71. The second kappa shape index (κ2) is 8.45. The molecule has 1 heterocycles. The van der Waals surface area contributed by atoms with Crippen molar-refractivity contribution in [2.45, 2.75) is 11.5 Å². The Kier molecular flexibility index (Phi) is 5.55.